The molecule has 2 aliphatic rings. The van der Waals surface area contributed by atoms with Crippen molar-refractivity contribution in [1.82, 2.24) is 15.3 Å². The molecule has 4 rings (SSSR count). The molecule has 0 radical (unpaired) electrons. The average molecular weight is 474 g/mol. The fourth-order valence-electron chi connectivity index (χ4n) is 4.49. The Labute approximate surface area is 195 Å². The second-order valence-electron chi connectivity index (χ2n) is 9.31. The number of nitrogens with one attached hydrogen (secondary N) is 2. The number of amides is 1. The van der Waals surface area contributed by atoms with Gasteiger partial charge in [0.2, 0.25) is 11.8 Å². The highest BCUT2D eigenvalue weighted by Gasteiger charge is 2.30. The molecule has 1 aromatic heterocycles. The van der Waals surface area contributed by atoms with Gasteiger partial charge in [0.15, 0.2) is 0 Å². The fraction of sp³-hybridized carbons (Fsp3) is 0.522. The van der Waals surface area contributed by atoms with Crippen LogP contribution in [0.4, 0.5) is 11.8 Å². The molecule has 3 atom stereocenters. The number of carbonyl (C=O) groups is 1. The van der Waals surface area contributed by atoms with E-state index in [0.717, 1.165) is 12.8 Å². The largest absolute Gasteiger partial charge is 0.475 e. The lowest BCUT2D eigenvalue weighted by molar-refractivity contribution is 0.0913. The number of ether oxygens (including phenoxy) is 1. The van der Waals surface area contributed by atoms with Crippen LogP contribution in [0.15, 0.2) is 35.2 Å². The van der Waals surface area contributed by atoms with Crippen molar-refractivity contribution in [3.8, 4) is 5.88 Å². The number of hydrogen-bond donors (Lipinski definition) is 2. The predicted molar refractivity (Wildman–Crippen MR) is 126 cm³/mol. The van der Waals surface area contributed by atoms with Gasteiger partial charge >= 0.3 is 0 Å². The summed E-state index contributed by atoms with van der Waals surface area (Å²) in [5.74, 6) is 0.795. The van der Waals surface area contributed by atoms with Crippen LogP contribution < -0.4 is 19.7 Å². The Kier molecular flexibility index (Phi) is 6.47. The molecule has 1 fully saturated rings. The van der Waals surface area contributed by atoms with Gasteiger partial charge in [0.1, 0.15) is 12.4 Å². The lowest BCUT2D eigenvalue weighted by Crippen LogP contribution is -2.40. The van der Waals surface area contributed by atoms with E-state index in [9.17, 15) is 13.2 Å². The Bertz CT molecular complexity index is 1130. The first-order valence-electron chi connectivity index (χ1n) is 11.4. The molecule has 3 heterocycles. The van der Waals surface area contributed by atoms with Gasteiger partial charge in [-0.05, 0) is 57.2 Å². The van der Waals surface area contributed by atoms with Gasteiger partial charge in [-0.3, -0.25) is 4.79 Å². The molecule has 1 amide bonds. The summed E-state index contributed by atoms with van der Waals surface area (Å²) < 4.78 is 34.6. The maximum atomic E-state index is 13.1. The van der Waals surface area contributed by atoms with Crippen LogP contribution in [0.2, 0.25) is 0 Å². The molecule has 0 saturated carbocycles. The Balaban J connectivity index is 1.79. The number of hydrogen-bond acceptors (Lipinski definition) is 7. The molecular formula is C23H31N5O4S. The Morgan fingerprint density at radius 2 is 1.88 bits per heavy atom. The van der Waals surface area contributed by atoms with Crippen LogP contribution in [-0.2, 0) is 10.0 Å². The van der Waals surface area contributed by atoms with E-state index < -0.39 is 10.0 Å². The Morgan fingerprint density at radius 1 is 1.15 bits per heavy atom. The van der Waals surface area contributed by atoms with Crippen LogP contribution in [0.3, 0.4) is 0 Å². The third kappa shape index (κ3) is 5.21. The van der Waals surface area contributed by atoms with E-state index in [1.54, 1.807) is 18.2 Å². The summed E-state index contributed by atoms with van der Waals surface area (Å²) in [7, 11) is -4.01. The van der Waals surface area contributed by atoms with Crippen molar-refractivity contribution < 1.29 is 17.9 Å². The third-order valence-corrected chi connectivity index (χ3v) is 7.39. The van der Waals surface area contributed by atoms with Crippen molar-refractivity contribution >= 4 is 27.7 Å². The minimum absolute atomic E-state index is 0.0332. The van der Waals surface area contributed by atoms with Gasteiger partial charge in [0, 0.05) is 23.7 Å². The van der Waals surface area contributed by atoms with Gasteiger partial charge in [-0.2, -0.15) is 9.97 Å². The monoisotopic (exact) mass is 473 g/mol. The molecule has 33 heavy (non-hydrogen) atoms. The first-order valence-corrected chi connectivity index (χ1v) is 12.8. The van der Waals surface area contributed by atoms with Crippen LogP contribution in [0.5, 0.6) is 5.88 Å². The highest BCUT2D eigenvalue weighted by atomic mass is 32.2. The Morgan fingerprint density at radius 3 is 2.58 bits per heavy atom. The fourth-order valence-corrected chi connectivity index (χ4v) is 5.48. The number of nitrogens with zero attached hydrogens (tertiary/aromatic N) is 3. The number of fused-ring (bicyclic) bond motifs is 4. The summed E-state index contributed by atoms with van der Waals surface area (Å²) in [6.45, 7) is 8.59. The van der Waals surface area contributed by atoms with Crippen LogP contribution in [0.25, 0.3) is 0 Å². The van der Waals surface area contributed by atoms with E-state index in [1.807, 2.05) is 0 Å². The topological polar surface area (TPSA) is 114 Å². The molecule has 178 valence electrons. The summed E-state index contributed by atoms with van der Waals surface area (Å²) in [5.41, 5.74) is 0.263. The van der Waals surface area contributed by atoms with E-state index in [-0.39, 0.29) is 52.9 Å². The zero-order valence-electron chi connectivity index (χ0n) is 19.4. The first kappa shape index (κ1) is 23.3. The standard InChI is InChI=1S/C23H31N5O4S/c1-14(2)10-18-13-32-21-12-20(28-15(3)8-9-16(28)4)25-23(26-21)27-33(30,31)19-7-5-6-17(11-19)22(29)24-18/h5-7,11-12,14-16,18H,8-10,13H2,1-4H3,(H,24,29)(H,25,26,27)/t15?,16?,18-/m1/s1. The summed E-state index contributed by atoms with van der Waals surface area (Å²) >= 11 is 0. The smallest absolute Gasteiger partial charge is 0.264 e. The van der Waals surface area contributed by atoms with Crippen molar-refractivity contribution in [2.24, 2.45) is 5.92 Å². The lowest BCUT2D eigenvalue weighted by Gasteiger charge is -2.28. The second-order valence-corrected chi connectivity index (χ2v) is 11.0. The Hall–Kier alpha value is -2.88. The van der Waals surface area contributed by atoms with Crippen LogP contribution >= 0.6 is 0 Å². The van der Waals surface area contributed by atoms with Gasteiger partial charge < -0.3 is 15.0 Å². The number of benzene rings is 1. The predicted octanol–water partition coefficient (Wildman–Crippen LogP) is 3.19. The molecule has 2 aromatic rings. The zero-order chi connectivity index (χ0) is 23.8. The van der Waals surface area contributed by atoms with E-state index >= 15 is 0 Å². The van der Waals surface area contributed by atoms with E-state index in [4.69, 9.17) is 4.74 Å². The summed E-state index contributed by atoms with van der Waals surface area (Å²) in [5, 5.41) is 2.98. The van der Waals surface area contributed by atoms with Gasteiger partial charge in [0.25, 0.3) is 15.9 Å². The van der Waals surface area contributed by atoms with Crippen LogP contribution in [0, 0.1) is 5.92 Å². The minimum atomic E-state index is -4.01. The SMILES string of the molecule is CC(C)C[C@@H]1COc2cc(N3C(C)CCC3C)nc(n2)NS(=O)(=O)c2cccc(c2)C(=O)N1. The highest BCUT2D eigenvalue weighted by molar-refractivity contribution is 7.92. The van der Waals surface area contributed by atoms with Gasteiger partial charge in [0.05, 0.1) is 10.9 Å². The molecule has 2 N–H and O–H groups in total. The number of anilines is 2. The summed E-state index contributed by atoms with van der Waals surface area (Å²) in [6.07, 6.45) is 2.75. The maximum absolute atomic E-state index is 13.1. The normalized spacial score (nSPS) is 24.7. The zero-order valence-corrected chi connectivity index (χ0v) is 20.2. The molecule has 1 saturated heterocycles. The van der Waals surface area contributed by atoms with Crippen molar-refractivity contribution in [3.63, 3.8) is 0 Å². The first-order chi connectivity index (χ1) is 15.6. The number of aromatic nitrogens is 2. The van der Waals surface area contributed by atoms with Crippen molar-refractivity contribution in [2.45, 2.75) is 70.0 Å². The molecule has 0 aliphatic carbocycles. The van der Waals surface area contributed by atoms with Crippen molar-refractivity contribution in [3.05, 3.63) is 35.9 Å². The van der Waals surface area contributed by atoms with Gasteiger partial charge in [-0.1, -0.05) is 19.9 Å². The van der Waals surface area contributed by atoms with Crippen molar-refractivity contribution in [2.75, 3.05) is 16.2 Å². The van der Waals surface area contributed by atoms with E-state index in [0.29, 0.717) is 18.2 Å². The maximum Gasteiger partial charge on any atom is 0.264 e. The van der Waals surface area contributed by atoms with Crippen molar-refractivity contribution in [1.29, 1.82) is 0 Å². The number of rotatable bonds is 3. The van der Waals surface area contributed by atoms with Crippen LogP contribution in [0.1, 0.15) is 57.3 Å². The summed E-state index contributed by atoms with van der Waals surface area (Å²) in [4.78, 5) is 23.8. The molecule has 2 aliphatic heterocycles. The van der Waals surface area contributed by atoms with E-state index in [2.05, 4.69) is 52.6 Å². The average Bonchev–Trinajstić information content (AvgIpc) is 3.08. The second kappa shape index (κ2) is 9.17. The molecule has 10 heteroatoms. The summed E-state index contributed by atoms with van der Waals surface area (Å²) in [6, 6.07) is 7.94. The van der Waals surface area contributed by atoms with E-state index in [1.165, 1.54) is 12.1 Å². The molecule has 0 spiro atoms. The number of sulfonamides is 1. The minimum Gasteiger partial charge on any atom is -0.475 e. The number of carbonyl (C=O) groups excluding carboxylic acids is 1. The quantitative estimate of drug-likeness (QED) is 0.704. The lowest BCUT2D eigenvalue weighted by atomic mass is 10.0. The van der Waals surface area contributed by atoms with Crippen LogP contribution in [-0.4, -0.2) is 49.0 Å². The molecule has 9 nitrogen and oxygen atoms in total. The molecule has 1 aromatic carbocycles. The molecule has 2 unspecified atom stereocenters. The van der Waals surface area contributed by atoms with Gasteiger partial charge in [-0.25, -0.2) is 13.1 Å². The van der Waals surface area contributed by atoms with Gasteiger partial charge in [-0.15, -0.1) is 0 Å². The highest BCUT2D eigenvalue weighted by Crippen LogP contribution is 2.32. The molecular weight excluding hydrogens is 442 g/mol. The molecule has 4 bridgehead atoms. The third-order valence-electron chi connectivity index (χ3n) is 6.06.